The van der Waals surface area contributed by atoms with Crippen LogP contribution < -0.4 is 16.0 Å². The number of hydrogen-bond acceptors (Lipinski definition) is 3. The molecule has 122 valence electrons. The van der Waals surface area contributed by atoms with Gasteiger partial charge >= 0.3 is 0 Å². The number of benzene rings is 1. The average Bonchev–Trinajstić information content (AvgIpc) is 2.50. The number of anilines is 1. The average molecular weight is 326 g/mol. The number of amides is 2. The van der Waals surface area contributed by atoms with Crippen LogP contribution in [0.25, 0.3) is 0 Å². The zero-order chi connectivity index (χ0) is 15.4. The van der Waals surface area contributed by atoms with Crippen molar-refractivity contribution in [2.24, 2.45) is 5.73 Å². The lowest BCUT2D eigenvalue weighted by Gasteiger charge is -2.30. The molecular weight excluding hydrogens is 302 g/mol. The van der Waals surface area contributed by atoms with Gasteiger partial charge in [0.25, 0.3) is 0 Å². The minimum Gasteiger partial charge on any atom is -0.346 e. The van der Waals surface area contributed by atoms with Crippen LogP contribution in [0.4, 0.5) is 5.69 Å². The maximum atomic E-state index is 12.3. The van der Waals surface area contributed by atoms with Gasteiger partial charge in [-0.15, -0.1) is 12.4 Å². The van der Waals surface area contributed by atoms with Crippen molar-refractivity contribution in [3.8, 4) is 0 Å². The second kappa shape index (κ2) is 8.15. The van der Waals surface area contributed by atoms with Crippen molar-refractivity contribution >= 4 is 29.9 Å². The van der Waals surface area contributed by atoms with E-state index in [1.165, 1.54) is 11.1 Å². The summed E-state index contributed by atoms with van der Waals surface area (Å²) in [6.07, 6.45) is 1.94. The first kappa shape index (κ1) is 18.5. The van der Waals surface area contributed by atoms with Gasteiger partial charge in [-0.05, 0) is 36.0 Å². The standard InChI is InChI=1S/C16H23N3O2.ClH/c1-11(2)12-5-6-14-13(8-12)4-3-7-19(14)16(21)10-18-15(20)9-17;/h5-6,8,11H,3-4,7,9-10,17H2,1-2H3,(H,18,20);1H. The first-order chi connectivity index (χ1) is 10.0. The van der Waals surface area contributed by atoms with Crippen LogP contribution in [0.5, 0.6) is 0 Å². The van der Waals surface area contributed by atoms with Crippen LogP contribution in [0.15, 0.2) is 18.2 Å². The summed E-state index contributed by atoms with van der Waals surface area (Å²) in [7, 11) is 0. The van der Waals surface area contributed by atoms with Gasteiger partial charge in [0.2, 0.25) is 11.8 Å². The number of nitrogens with two attached hydrogens (primary N) is 1. The Morgan fingerprint density at radius 2 is 2.09 bits per heavy atom. The van der Waals surface area contributed by atoms with Crippen LogP contribution in [0.1, 0.15) is 37.3 Å². The molecule has 0 bridgehead atoms. The van der Waals surface area contributed by atoms with Gasteiger partial charge in [-0.1, -0.05) is 26.0 Å². The van der Waals surface area contributed by atoms with E-state index in [9.17, 15) is 9.59 Å². The number of fused-ring (bicyclic) bond motifs is 1. The van der Waals surface area contributed by atoms with Crippen LogP contribution >= 0.6 is 12.4 Å². The molecule has 0 unspecified atom stereocenters. The van der Waals surface area contributed by atoms with Gasteiger partial charge in [-0.3, -0.25) is 9.59 Å². The van der Waals surface area contributed by atoms with Crippen molar-refractivity contribution in [3.05, 3.63) is 29.3 Å². The molecule has 5 nitrogen and oxygen atoms in total. The Morgan fingerprint density at radius 1 is 1.36 bits per heavy atom. The van der Waals surface area contributed by atoms with Gasteiger partial charge < -0.3 is 16.0 Å². The normalized spacial score (nSPS) is 13.4. The summed E-state index contributed by atoms with van der Waals surface area (Å²) in [5, 5.41) is 2.53. The number of carbonyl (C=O) groups is 2. The molecule has 0 radical (unpaired) electrons. The molecule has 0 atom stereocenters. The Kier molecular flexibility index (Phi) is 6.84. The molecule has 0 saturated heterocycles. The van der Waals surface area contributed by atoms with Gasteiger partial charge in [-0.2, -0.15) is 0 Å². The molecule has 3 N–H and O–H groups in total. The molecule has 0 aliphatic carbocycles. The summed E-state index contributed by atoms with van der Waals surface area (Å²) in [5.74, 6) is 0.0796. The van der Waals surface area contributed by atoms with Crippen molar-refractivity contribution in [3.63, 3.8) is 0 Å². The molecule has 1 aliphatic rings. The third-order valence-corrected chi connectivity index (χ3v) is 3.81. The predicted octanol–water partition coefficient (Wildman–Crippen LogP) is 1.59. The molecule has 6 heteroatoms. The van der Waals surface area contributed by atoms with Crippen molar-refractivity contribution in [1.29, 1.82) is 0 Å². The van der Waals surface area contributed by atoms with Gasteiger partial charge in [-0.25, -0.2) is 0 Å². The van der Waals surface area contributed by atoms with E-state index in [-0.39, 0.29) is 37.3 Å². The summed E-state index contributed by atoms with van der Waals surface area (Å²) in [6, 6.07) is 6.29. The number of hydrogen-bond donors (Lipinski definition) is 2. The Hall–Kier alpha value is -1.59. The van der Waals surface area contributed by atoms with Crippen molar-refractivity contribution in [2.45, 2.75) is 32.6 Å². The third kappa shape index (κ3) is 4.21. The highest BCUT2D eigenvalue weighted by molar-refractivity contribution is 5.97. The second-order valence-electron chi connectivity index (χ2n) is 5.67. The molecule has 0 spiro atoms. The minimum absolute atomic E-state index is 0. The molecule has 1 heterocycles. The molecule has 1 aromatic rings. The number of rotatable bonds is 4. The quantitative estimate of drug-likeness (QED) is 0.882. The topological polar surface area (TPSA) is 75.4 Å². The number of aryl methyl sites for hydroxylation is 1. The minimum atomic E-state index is -0.310. The molecule has 2 amide bonds. The zero-order valence-electron chi connectivity index (χ0n) is 13.1. The number of carbonyl (C=O) groups excluding carboxylic acids is 2. The molecular formula is C16H24ClN3O2. The van der Waals surface area contributed by atoms with E-state index in [1.54, 1.807) is 4.90 Å². The maximum Gasteiger partial charge on any atom is 0.246 e. The molecule has 0 fully saturated rings. The number of nitrogens with zero attached hydrogens (tertiary/aromatic N) is 1. The van der Waals surface area contributed by atoms with Crippen LogP contribution in [-0.2, 0) is 16.0 Å². The molecule has 1 aromatic carbocycles. The lowest BCUT2D eigenvalue weighted by molar-refractivity contribution is -0.124. The summed E-state index contributed by atoms with van der Waals surface area (Å²) < 4.78 is 0. The Balaban J connectivity index is 0.00000242. The van der Waals surface area contributed by atoms with E-state index in [0.29, 0.717) is 12.5 Å². The van der Waals surface area contributed by atoms with E-state index in [2.05, 4.69) is 31.3 Å². The largest absolute Gasteiger partial charge is 0.346 e. The predicted molar refractivity (Wildman–Crippen MR) is 90.5 cm³/mol. The molecule has 0 aromatic heterocycles. The number of nitrogens with one attached hydrogen (secondary N) is 1. The SMILES string of the molecule is CC(C)c1ccc2c(c1)CCCN2C(=O)CNC(=O)CN.Cl. The van der Waals surface area contributed by atoms with Gasteiger partial charge in [0.15, 0.2) is 0 Å². The van der Waals surface area contributed by atoms with Crippen LogP contribution in [0.2, 0.25) is 0 Å². The lowest BCUT2D eigenvalue weighted by Crippen LogP contribution is -2.43. The van der Waals surface area contributed by atoms with Crippen LogP contribution in [-0.4, -0.2) is 31.4 Å². The first-order valence-corrected chi connectivity index (χ1v) is 7.43. The smallest absolute Gasteiger partial charge is 0.246 e. The van der Waals surface area contributed by atoms with E-state index in [1.807, 2.05) is 6.07 Å². The lowest BCUT2D eigenvalue weighted by atomic mass is 9.95. The molecule has 1 aliphatic heterocycles. The summed E-state index contributed by atoms with van der Waals surface area (Å²) >= 11 is 0. The van der Waals surface area contributed by atoms with E-state index < -0.39 is 0 Å². The Morgan fingerprint density at radius 3 is 2.73 bits per heavy atom. The van der Waals surface area contributed by atoms with Crippen molar-refractivity contribution in [1.82, 2.24) is 5.32 Å². The second-order valence-corrected chi connectivity index (χ2v) is 5.67. The van der Waals surface area contributed by atoms with Crippen LogP contribution in [0.3, 0.4) is 0 Å². The fourth-order valence-electron chi connectivity index (χ4n) is 2.58. The van der Waals surface area contributed by atoms with E-state index >= 15 is 0 Å². The fourth-order valence-corrected chi connectivity index (χ4v) is 2.58. The highest BCUT2D eigenvalue weighted by Crippen LogP contribution is 2.30. The van der Waals surface area contributed by atoms with Crippen LogP contribution in [0, 0.1) is 0 Å². The summed E-state index contributed by atoms with van der Waals surface area (Å²) in [5.41, 5.74) is 8.70. The van der Waals surface area contributed by atoms with E-state index in [4.69, 9.17) is 5.73 Å². The molecule has 2 rings (SSSR count). The highest BCUT2D eigenvalue weighted by Gasteiger charge is 2.23. The zero-order valence-corrected chi connectivity index (χ0v) is 13.9. The molecule has 22 heavy (non-hydrogen) atoms. The van der Waals surface area contributed by atoms with Gasteiger partial charge in [0.05, 0.1) is 13.1 Å². The summed E-state index contributed by atoms with van der Waals surface area (Å²) in [6.45, 7) is 4.93. The highest BCUT2D eigenvalue weighted by atomic mass is 35.5. The third-order valence-electron chi connectivity index (χ3n) is 3.81. The first-order valence-electron chi connectivity index (χ1n) is 7.43. The Labute approximate surface area is 137 Å². The maximum absolute atomic E-state index is 12.3. The number of halogens is 1. The van der Waals surface area contributed by atoms with Gasteiger partial charge in [0, 0.05) is 12.2 Å². The van der Waals surface area contributed by atoms with Crippen molar-refractivity contribution in [2.75, 3.05) is 24.5 Å². The van der Waals surface area contributed by atoms with E-state index in [0.717, 1.165) is 18.5 Å². The molecule has 0 saturated carbocycles. The Bertz CT molecular complexity index is 546. The van der Waals surface area contributed by atoms with Gasteiger partial charge in [0.1, 0.15) is 0 Å². The van der Waals surface area contributed by atoms with Crippen molar-refractivity contribution < 1.29 is 9.59 Å². The summed E-state index contributed by atoms with van der Waals surface area (Å²) in [4.78, 5) is 25.2. The fraction of sp³-hybridized carbons (Fsp3) is 0.500. The monoisotopic (exact) mass is 325 g/mol.